The van der Waals surface area contributed by atoms with E-state index in [0.29, 0.717) is 17.8 Å². The maximum Gasteiger partial charge on any atom is 0.416 e. The summed E-state index contributed by atoms with van der Waals surface area (Å²) in [6.45, 7) is 0.536. The summed E-state index contributed by atoms with van der Waals surface area (Å²) in [4.78, 5) is 16.8. The summed E-state index contributed by atoms with van der Waals surface area (Å²) in [6, 6.07) is 10.3. The fourth-order valence-corrected chi connectivity index (χ4v) is 3.23. The molecule has 4 rings (SSSR count). The van der Waals surface area contributed by atoms with Crippen molar-refractivity contribution in [3.8, 4) is 0 Å². The van der Waals surface area contributed by atoms with Crippen LogP contribution in [0.1, 0.15) is 22.7 Å². The van der Waals surface area contributed by atoms with Gasteiger partial charge in [0.25, 0.3) is 5.91 Å². The molecular formula is C18H15F3N4O. The molecule has 0 bridgehead atoms. The van der Waals surface area contributed by atoms with E-state index >= 15 is 0 Å². The summed E-state index contributed by atoms with van der Waals surface area (Å²) in [5.74, 6) is -0.319. The predicted molar refractivity (Wildman–Crippen MR) is 88.2 cm³/mol. The number of carbonyl (C=O) groups is 1. The number of aromatic nitrogens is 1. The third-order valence-corrected chi connectivity index (χ3v) is 4.54. The molecule has 0 radical (unpaired) electrons. The van der Waals surface area contributed by atoms with E-state index in [1.54, 1.807) is 6.20 Å². The fraction of sp³-hybridized carbons (Fsp3) is 0.222. The highest BCUT2D eigenvalue weighted by molar-refractivity contribution is 5.96. The molecule has 3 heterocycles. The molecule has 2 aliphatic rings. The van der Waals surface area contributed by atoms with Gasteiger partial charge >= 0.3 is 6.18 Å². The van der Waals surface area contributed by atoms with Gasteiger partial charge in [0.05, 0.1) is 11.5 Å². The lowest BCUT2D eigenvalue weighted by Crippen LogP contribution is -2.52. The fourth-order valence-electron chi connectivity index (χ4n) is 3.23. The number of halogens is 3. The van der Waals surface area contributed by atoms with Gasteiger partial charge in [-0.1, -0.05) is 18.2 Å². The van der Waals surface area contributed by atoms with Gasteiger partial charge in [-0.2, -0.15) is 13.2 Å². The summed E-state index contributed by atoms with van der Waals surface area (Å²) in [5, 5.41) is 4.74. The maximum absolute atomic E-state index is 12.7. The van der Waals surface area contributed by atoms with Gasteiger partial charge in [0, 0.05) is 30.2 Å². The molecular weight excluding hydrogens is 345 g/mol. The van der Waals surface area contributed by atoms with Gasteiger partial charge in [-0.05, 0) is 29.8 Å². The van der Waals surface area contributed by atoms with Crippen molar-refractivity contribution in [1.82, 2.24) is 20.7 Å². The van der Waals surface area contributed by atoms with Crippen molar-refractivity contribution < 1.29 is 18.0 Å². The first kappa shape index (κ1) is 16.6. The smallest absolute Gasteiger partial charge is 0.363 e. The van der Waals surface area contributed by atoms with Crippen molar-refractivity contribution in [1.29, 1.82) is 0 Å². The van der Waals surface area contributed by atoms with E-state index in [4.69, 9.17) is 0 Å². The van der Waals surface area contributed by atoms with Gasteiger partial charge in [-0.15, -0.1) is 0 Å². The van der Waals surface area contributed by atoms with Crippen molar-refractivity contribution >= 4 is 11.6 Å². The Kier molecular flexibility index (Phi) is 3.91. The van der Waals surface area contributed by atoms with Crippen molar-refractivity contribution in [3.05, 3.63) is 71.6 Å². The summed E-state index contributed by atoms with van der Waals surface area (Å²) in [7, 11) is 0. The zero-order valence-corrected chi connectivity index (χ0v) is 13.5. The van der Waals surface area contributed by atoms with Gasteiger partial charge in [-0.25, -0.2) is 5.43 Å². The van der Waals surface area contributed by atoms with E-state index in [1.807, 2.05) is 18.2 Å². The summed E-state index contributed by atoms with van der Waals surface area (Å²) >= 11 is 0. The third-order valence-electron chi connectivity index (χ3n) is 4.54. The quantitative estimate of drug-likeness (QED) is 0.864. The number of nitrogens with one attached hydrogen (secondary N) is 2. The molecule has 5 nitrogen and oxygen atoms in total. The number of hydrazine groups is 1. The minimum atomic E-state index is -4.39. The minimum absolute atomic E-state index is 0.0710. The molecule has 2 unspecified atom stereocenters. The van der Waals surface area contributed by atoms with Crippen molar-refractivity contribution in [3.63, 3.8) is 0 Å². The normalized spacial score (nSPS) is 22.7. The monoisotopic (exact) mass is 360 g/mol. The van der Waals surface area contributed by atoms with Crippen LogP contribution in [0.15, 0.2) is 54.7 Å². The maximum atomic E-state index is 12.7. The van der Waals surface area contributed by atoms with Gasteiger partial charge in [0.15, 0.2) is 0 Å². The Morgan fingerprint density at radius 2 is 1.88 bits per heavy atom. The Balaban J connectivity index is 1.61. The van der Waals surface area contributed by atoms with Crippen molar-refractivity contribution in [2.45, 2.75) is 18.3 Å². The minimum Gasteiger partial charge on any atom is -0.363 e. The number of hydrogen-bond donors (Lipinski definition) is 2. The zero-order chi connectivity index (χ0) is 18.3. The summed E-state index contributed by atoms with van der Waals surface area (Å²) in [5.41, 5.74) is 4.18. The lowest BCUT2D eigenvalue weighted by Gasteiger charge is -2.33. The topological polar surface area (TPSA) is 57.3 Å². The molecule has 2 atom stereocenters. The molecule has 0 spiro atoms. The van der Waals surface area contributed by atoms with Gasteiger partial charge < -0.3 is 5.32 Å². The van der Waals surface area contributed by atoms with E-state index < -0.39 is 11.7 Å². The molecule has 1 fully saturated rings. The number of benzene rings is 1. The SMILES string of the molecule is O=C1C=C(c2ccc(C(F)(F)F)cc2)NC2C(c3ccccn3)CNN12. The molecule has 1 amide bonds. The standard InChI is InChI=1S/C18H15F3N4O/c19-18(20,21)12-6-4-11(5-7-12)15-9-16(26)25-17(24-15)13(10-23-25)14-3-1-2-8-22-14/h1-9,13,17,23-24H,10H2. The average molecular weight is 360 g/mol. The third kappa shape index (κ3) is 2.92. The second-order valence-electron chi connectivity index (χ2n) is 6.15. The van der Waals surface area contributed by atoms with Crippen LogP contribution in [0.5, 0.6) is 0 Å². The molecule has 2 N–H and O–H groups in total. The number of hydrogen-bond acceptors (Lipinski definition) is 4. The highest BCUT2D eigenvalue weighted by Gasteiger charge is 2.41. The first-order chi connectivity index (χ1) is 12.4. The van der Waals surface area contributed by atoms with Crippen LogP contribution in [0.4, 0.5) is 13.2 Å². The lowest BCUT2D eigenvalue weighted by atomic mass is 9.99. The zero-order valence-electron chi connectivity index (χ0n) is 13.5. The molecule has 1 aromatic heterocycles. The largest absolute Gasteiger partial charge is 0.416 e. The van der Waals surface area contributed by atoms with E-state index in [1.165, 1.54) is 23.2 Å². The molecule has 1 aromatic carbocycles. The van der Waals surface area contributed by atoms with Crippen LogP contribution in [0, 0.1) is 0 Å². The molecule has 26 heavy (non-hydrogen) atoms. The van der Waals surface area contributed by atoms with Gasteiger partial charge in [0.1, 0.15) is 6.17 Å². The molecule has 1 saturated heterocycles. The highest BCUT2D eigenvalue weighted by atomic mass is 19.4. The van der Waals surface area contributed by atoms with Crippen LogP contribution in [0.2, 0.25) is 0 Å². The lowest BCUT2D eigenvalue weighted by molar-refractivity contribution is -0.137. The molecule has 0 aliphatic carbocycles. The van der Waals surface area contributed by atoms with Crippen LogP contribution < -0.4 is 10.7 Å². The van der Waals surface area contributed by atoms with Crippen molar-refractivity contribution in [2.24, 2.45) is 0 Å². The Morgan fingerprint density at radius 1 is 1.12 bits per heavy atom. The number of alkyl halides is 3. The predicted octanol–water partition coefficient (Wildman–Crippen LogP) is 2.50. The highest BCUT2D eigenvalue weighted by Crippen LogP contribution is 2.32. The molecule has 2 aliphatic heterocycles. The van der Waals surface area contributed by atoms with Crippen LogP contribution in [0.3, 0.4) is 0 Å². The Hall–Kier alpha value is -2.87. The number of pyridine rings is 1. The molecule has 8 heteroatoms. The van der Waals surface area contributed by atoms with Crippen LogP contribution >= 0.6 is 0 Å². The first-order valence-corrected chi connectivity index (χ1v) is 8.07. The Bertz CT molecular complexity index is 849. The van der Waals surface area contributed by atoms with Crippen LogP contribution in [-0.4, -0.2) is 28.6 Å². The number of fused-ring (bicyclic) bond motifs is 1. The van der Waals surface area contributed by atoms with E-state index in [9.17, 15) is 18.0 Å². The summed E-state index contributed by atoms with van der Waals surface area (Å²) < 4.78 is 38.2. The van der Waals surface area contributed by atoms with Crippen LogP contribution in [-0.2, 0) is 11.0 Å². The number of carbonyl (C=O) groups excluding carboxylic acids is 1. The molecule has 2 aromatic rings. The van der Waals surface area contributed by atoms with E-state index in [0.717, 1.165) is 17.8 Å². The Morgan fingerprint density at radius 3 is 2.54 bits per heavy atom. The van der Waals surface area contributed by atoms with Crippen LogP contribution in [0.25, 0.3) is 5.70 Å². The second kappa shape index (κ2) is 6.14. The first-order valence-electron chi connectivity index (χ1n) is 8.07. The van der Waals surface area contributed by atoms with Gasteiger partial charge in [-0.3, -0.25) is 14.8 Å². The number of amides is 1. The molecule has 134 valence electrons. The average Bonchev–Trinajstić information content (AvgIpc) is 3.06. The molecule has 0 saturated carbocycles. The van der Waals surface area contributed by atoms with Gasteiger partial charge in [0.2, 0.25) is 0 Å². The number of nitrogens with zero attached hydrogens (tertiary/aromatic N) is 2. The second-order valence-corrected chi connectivity index (χ2v) is 6.15. The Labute approximate surface area is 147 Å². The summed E-state index contributed by atoms with van der Waals surface area (Å²) in [6.07, 6.45) is -1.68. The van der Waals surface area contributed by atoms with Crippen molar-refractivity contribution in [2.75, 3.05) is 6.54 Å². The van der Waals surface area contributed by atoms with E-state index in [2.05, 4.69) is 15.7 Å². The number of rotatable bonds is 2. The van der Waals surface area contributed by atoms with E-state index in [-0.39, 0.29) is 18.0 Å².